The number of nitrogens with one attached hydrogen (secondary N) is 1. The number of nitrogen functional groups attached to an aromatic ring is 1. The molecule has 1 saturated heterocycles. The summed E-state index contributed by atoms with van der Waals surface area (Å²) in [5, 5.41) is 14.8. The molecule has 0 atom stereocenters. The molecule has 8 nitrogen and oxygen atoms in total. The molecule has 31 heavy (non-hydrogen) atoms. The van der Waals surface area contributed by atoms with Crippen molar-refractivity contribution in [3.63, 3.8) is 0 Å². The minimum atomic E-state index is -0.489. The van der Waals surface area contributed by atoms with Crippen molar-refractivity contribution in [3.8, 4) is 0 Å². The van der Waals surface area contributed by atoms with E-state index in [1.165, 1.54) is 5.56 Å². The van der Waals surface area contributed by atoms with Gasteiger partial charge in [0.2, 0.25) is 17.6 Å². The number of hydrogen-bond donors (Lipinski definition) is 2. The van der Waals surface area contributed by atoms with Gasteiger partial charge in [-0.15, -0.1) is 0 Å². The van der Waals surface area contributed by atoms with Crippen LogP contribution in [0.25, 0.3) is 0 Å². The zero-order chi connectivity index (χ0) is 21.8. The third kappa shape index (κ3) is 4.91. The largest absolute Gasteiger partial charge is 0.378 e. The summed E-state index contributed by atoms with van der Waals surface area (Å²) in [7, 11) is 0. The molecule has 0 unspecified atom stereocenters. The van der Waals surface area contributed by atoms with Crippen molar-refractivity contribution >= 4 is 29.0 Å². The number of nitrogens with zero attached hydrogens (tertiary/aromatic N) is 4. The van der Waals surface area contributed by atoms with Crippen LogP contribution in [-0.4, -0.2) is 28.0 Å². The molecule has 8 heteroatoms. The second-order valence-electron chi connectivity index (χ2n) is 7.98. The Hall–Kier alpha value is -3.68. The summed E-state index contributed by atoms with van der Waals surface area (Å²) in [4.78, 5) is 21.8. The molecule has 0 saturated carbocycles. The fraction of sp³-hybridized carbons (Fsp3) is 0.304. The van der Waals surface area contributed by atoms with Gasteiger partial charge in [0.05, 0.1) is 4.92 Å². The van der Waals surface area contributed by atoms with Gasteiger partial charge in [-0.3, -0.25) is 10.1 Å². The first-order valence-corrected chi connectivity index (χ1v) is 10.4. The van der Waals surface area contributed by atoms with E-state index in [9.17, 15) is 10.1 Å². The molecule has 0 amide bonds. The van der Waals surface area contributed by atoms with Crippen molar-refractivity contribution < 1.29 is 4.92 Å². The van der Waals surface area contributed by atoms with Crippen LogP contribution >= 0.6 is 0 Å². The lowest BCUT2D eigenvalue weighted by molar-refractivity contribution is -0.383. The number of piperidine rings is 1. The lowest BCUT2D eigenvalue weighted by Gasteiger charge is -2.32. The van der Waals surface area contributed by atoms with Crippen LogP contribution in [0.2, 0.25) is 0 Å². The number of aromatic nitrogens is 2. The van der Waals surface area contributed by atoms with Crippen molar-refractivity contribution in [1.82, 2.24) is 9.97 Å². The maximum atomic E-state index is 11.7. The van der Waals surface area contributed by atoms with Crippen molar-refractivity contribution in [3.05, 3.63) is 75.8 Å². The van der Waals surface area contributed by atoms with E-state index in [0.29, 0.717) is 19.0 Å². The molecule has 1 aliphatic heterocycles. The van der Waals surface area contributed by atoms with Crippen LogP contribution in [-0.2, 0) is 6.42 Å². The molecule has 0 aliphatic carbocycles. The average molecular weight is 419 g/mol. The van der Waals surface area contributed by atoms with E-state index in [-0.39, 0.29) is 23.3 Å². The summed E-state index contributed by atoms with van der Waals surface area (Å²) < 4.78 is 0. The molecule has 160 valence electrons. The van der Waals surface area contributed by atoms with Crippen molar-refractivity contribution in [2.75, 3.05) is 29.0 Å². The monoisotopic (exact) mass is 418 g/mol. The summed E-state index contributed by atoms with van der Waals surface area (Å²) >= 11 is 0. The number of anilines is 4. The zero-order valence-corrected chi connectivity index (χ0v) is 17.5. The number of aryl methyl sites for hydroxylation is 1. The van der Waals surface area contributed by atoms with E-state index in [1.807, 2.05) is 42.2 Å². The highest BCUT2D eigenvalue weighted by Gasteiger charge is 2.30. The molecule has 0 radical (unpaired) electrons. The van der Waals surface area contributed by atoms with Gasteiger partial charge in [-0.2, -0.15) is 9.97 Å². The number of nitro groups is 1. The summed E-state index contributed by atoms with van der Waals surface area (Å²) in [5.41, 5.74) is 8.97. The van der Waals surface area contributed by atoms with Crippen LogP contribution < -0.4 is 16.0 Å². The Balaban J connectivity index is 1.53. The summed E-state index contributed by atoms with van der Waals surface area (Å²) in [6.45, 7) is 3.37. The summed E-state index contributed by atoms with van der Waals surface area (Å²) in [6, 6.07) is 18.2. The number of nitrogens with two attached hydrogens (primary N) is 1. The first kappa shape index (κ1) is 20.6. The van der Waals surface area contributed by atoms with E-state index in [2.05, 4.69) is 39.6 Å². The zero-order valence-electron chi connectivity index (χ0n) is 17.5. The van der Waals surface area contributed by atoms with E-state index >= 15 is 0 Å². The molecule has 2 aromatic carbocycles. The van der Waals surface area contributed by atoms with Gasteiger partial charge in [-0.1, -0.05) is 42.5 Å². The SMILES string of the molecule is Cc1cccc(Nc2nc(N)c([N+](=O)[O-])c(N3CCC(Cc4ccccc4)CC3)n2)c1. The highest BCUT2D eigenvalue weighted by atomic mass is 16.6. The third-order valence-corrected chi connectivity index (χ3v) is 5.63. The fourth-order valence-electron chi connectivity index (χ4n) is 4.06. The maximum absolute atomic E-state index is 11.7. The highest BCUT2D eigenvalue weighted by molar-refractivity contribution is 5.72. The van der Waals surface area contributed by atoms with Crippen LogP contribution in [0.3, 0.4) is 0 Å². The minimum Gasteiger partial charge on any atom is -0.378 e. The van der Waals surface area contributed by atoms with Crippen LogP contribution in [0.1, 0.15) is 24.0 Å². The lowest BCUT2D eigenvalue weighted by atomic mass is 9.90. The van der Waals surface area contributed by atoms with Crippen LogP contribution in [0.15, 0.2) is 54.6 Å². The maximum Gasteiger partial charge on any atom is 0.353 e. The minimum absolute atomic E-state index is 0.128. The van der Waals surface area contributed by atoms with Gasteiger partial charge in [0.25, 0.3) is 0 Å². The Morgan fingerprint density at radius 2 is 1.87 bits per heavy atom. The Labute approximate surface area is 181 Å². The molecule has 3 N–H and O–H groups in total. The van der Waals surface area contributed by atoms with E-state index in [4.69, 9.17) is 5.73 Å². The summed E-state index contributed by atoms with van der Waals surface area (Å²) in [6.07, 6.45) is 2.90. The second-order valence-corrected chi connectivity index (χ2v) is 7.98. The van der Waals surface area contributed by atoms with E-state index < -0.39 is 4.92 Å². The number of rotatable bonds is 6. The van der Waals surface area contributed by atoms with E-state index in [0.717, 1.165) is 30.5 Å². The molecule has 1 fully saturated rings. The molecule has 2 heterocycles. The van der Waals surface area contributed by atoms with E-state index in [1.54, 1.807) is 0 Å². The molecular weight excluding hydrogens is 392 g/mol. The van der Waals surface area contributed by atoms with Crippen molar-refractivity contribution in [2.45, 2.75) is 26.2 Å². The molecular formula is C23H26N6O2. The highest BCUT2D eigenvalue weighted by Crippen LogP contribution is 2.35. The standard InChI is InChI=1S/C23H26N6O2/c1-16-6-5-9-19(14-16)25-23-26-21(24)20(29(30)31)22(27-23)28-12-10-18(11-13-28)15-17-7-3-2-4-8-17/h2-9,14,18H,10-13,15H2,1H3,(H3,24,25,26,27). The molecule has 4 rings (SSSR count). The first-order valence-electron chi connectivity index (χ1n) is 10.4. The molecule has 0 spiro atoms. The first-order chi connectivity index (χ1) is 15.0. The van der Waals surface area contributed by atoms with Crippen LogP contribution in [0.4, 0.5) is 29.0 Å². The Bertz CT molecular complexity index is 1060. The summed E-state index contributed by atoms with van der Waals surface area (Å²) in [5.74, 6) is 0.958. The average Bonchev–Trinajstić information content (AvgIpc) is 2.74. The van der Waals surface area contributed by atoms with Gasteiger partial charge in [0.15, 0.2) is 0 Å². The van der Waals surface area contributed by atoms with Gasteiger partial charge in [0, 0.05) is 18.8 Å². The third-order valence-electron chi connectivity index (χ3n) is 5.63. The Morgan fingerprint density at radius 3 is 2.55 bits per heavy atom. The Kier molecular flexibility index (Phi) is 5.97. The second kappa shape index (κ2) is 8.99. The van der Waals surface area contributed by atoms with Crippen LogP contribution in [0, 0.1) is 23.0 Å². The predicted molar refractivity (Wildman–Crippen MR) is 123 cm³/mol. The quantitative estimate of drug-likeness (QED) is 0.448. The van der Waals surface area contributed by atoms with Gasteiger partial charge < -0.3 is 16.0 Å². The topological polar surface area (TPSA) is 110 Å². The number of benzene rings is 2. The number of hydrogen-bond acceptors (Lipinski definition) is 7. The smallest absolute Gasteiger partial charge is 0.353 e. The van der Waals surface area contributed by atoms with Gasteiger partial charge >= 0.3 is 5.69 Å². The van der Waals surface area contributed by atoms with Crippen molar-refractivity contribution in [2.24, 2.45) is 5.92 Å². The predicted octanol–water partition coefficient (Wildman–Crippen LogP) is 4.48. The molecule has 0 bridgehead atoms. The molecule has 1 aliphatic rings. The van der Waals surface area contributed by atoms with Gasteiger partial charge in [0.1, 0.15) is 0 Å². The van der Waals surface area contributed by atoms with Gasteiger partial charge in [-0.05, 0) is 55.4 Å². The van der Waals surface area contributed by atoms with Crippen LogP contribution in [0.5, 0.6) is 0 Å². The van der Waals surface area contributed by atoms with Gasteiger partial charge in [-0.25, -0.2) is 0 Å². The fourth-order valence-corrected chi connectivity index (χ4v) is 4.06. The van der Waals surface area contributed by atoms with Crippen molar-refractivity contribution in [1.29, 1.82) is 0 Å². The molecule has 3 aromatic rings. The lowest BCUT2D eigenvalue weighted by Crippen LogP contribution is -2.35. The normalized spacial score (nSPS) is 14.4. The molecule has 1 aromatic heterocycles. The Morgan fingerprint density at radius 1 is 1.13 bits per heavy atom.